The third-order valence-corrected chi connectivity index (χ3v) is 1.63. The van der Waals surface area contributed by atoms with Gasteiger partial charge in [-0.25, -0.2) is 5.01 Å². The van der Waals surface area contributed by atoms with Crippen molar-refractivity contribution in [2.45, 2.75) is 6.92 Å². The summed E-state index contributed by atoms with van der Waals surface area (Å²) in [6, 6.07) is 1.39. The molecule has 0 aliphatic rings. The third kappa shape index (κ3) is 2.43. The molecule has 1 aromatic rings. The van der Waals surface area contributed by atoms with Crippen LogP contribution in [0.15, 0.2) is 17.1 Å². The Morgan fingerprint density at radius 3 is 2.64 bits per heavy atom. The molecule has 0 saturated heterocycles. The lowest BCUT2D eigenvalue weighted by Crippen LogP contribution is -2.38. The first-order chi connectivity index (χ1) is 6.50. The van der Waals surface area contributed by atoms with Crippen molar-refractivity contribution in [2.24, 2.45) is 0 Å². The fourth-order valence-corrected chi connectivity index (χ4v) is 1.01. The lowest BCUT2D eigenvalue weighted by atomic mass is 10.2. The van der Waals surface area contributed by atoms with E-state index in [-0.39, 0.29) is 11.0 Å². The highest BCUT2D eigenvalue weighted by molar-refractivity contribution is 5.93. The molecule has 0 spiro atoms. The number of carbonyl (C=O) groups is 1. The summed E-state index contributed by atoms with van der Waals surface area (Å²) in [5.74, 6) is -0.406. The van der Waals surface area contributed by atoms with E-state index in [1.54, 1.807) is 21.0 Å². The van der Waals surface area contributed by atoms with E-state index in [2.05, 4.69) is 10.4 Å². The van der Waals surface area contributed by atoms with Crippen LogP contribution in [0.25, 0.3) is 0 Å². The van der Waals surface area contributed by atoms with Crippen LogP contribution in [-0.4, -0.2) is 30.0 Å². The van der Waals surface area contributed by atoms with E-state index in [4.69, 9.17) is 0 Å². The van der Waals surface area contributed by atoms with E-state index < -0.39 is 5.91 Å². The fraction of sp³-hybridized carbons (Fsp3) is 0.333. The van der Waals surface area contributed by atoms with Gasteiger partial charge in [0.1, 0.15) is 5.56 Å². The van der Waals surface area contributed by atoms with Crippen LogP contribution < -0.4 is 10.9 Å². The summed E-state index contributed by atoms with van der Waals surface area (Å²) in [4.78, 5) is 25.6. The Bertz CT molecular complexity index is 395. The van der Waals surface area contributed by atoms with Gasteiger partial charge >= 0.3 is 0 Å². The molecule has 0 fully saturated rings. The summed E-state index contributed by atoms with van der Waals surface area (Å²) in [5, 5.41) is 1.49. The predicted octanol–water partition coefficient (Wildman–Crippen LogP) is -0.110. The molecular weight excluding hydrogens is 182 g/mol. The summed E-state index contributed by atoms with van der Waals surface area (Å²) < 4.78 is 0. The quantitative estimate of drug-likeness (QED) is 0.647. The molecule has 2 N–H and O–H groups in total. The molecule has 5 heteroatoms. The van der Waals surface area contributed by atoms with Gasteiger partial charge in [0, 0.05) is 32.1 Å². The number of hydrazine groups is 1. The van der Waals surface area contributed by atoms with Gasteiger partial charge < -0.3 is 4.98 Å². The van der Waals surface area contributed by atoms with Crippen molar-refractivity contribution in [1.82, 2.24) is 15.4 Å². The smallest absolute Gasteiger partial charge is 0.271 e. The topological polar surface area (TPSA) is 65.2 Å². The molecule has 76 valence electrons. The molecule has 0 aliphatic carbocycles. The molecule has 0 radical (unpaired) electrons. The van der Waals surface area contributed by atoms with Gasteiger partial charge in [0.05, 0.1) is 0 Å². The van der Waals surface area contributed by atoms with Crippen LogP contribution >= 0.6 is 0 Å². The minimum atomic E-state index is -0.406. The Balaban J connectivity index is 2.97. The largest absolute Gasteiger partial charge is 0.364 e. The number of rotatable bonds is 2. The zero-order valence-electron chi connectivity index (χ0n) is 8.42. The molecule has 1 heterocycles. The molecule has 0 bridgehead atoms. The molecule has 14 heavy (non-hydrogen) atoms. The van der Waals surface area contributed by atoms with Crippen LogP contribution in [-0.2, 0) is 0 Å². The average Bonchev–Trinajstić information content (AvgIpc) is 2.01. The van der Waals surface area contributed by atoms with Gasteiger partial charge in [-0.3, -0.25) is 15.0 Å². The molecule has 0 aliphatic heterocycles. The highest BCUT2D eigenvalue weighted by Gasteiger charge is 2.09. The van der Waals surface area contributed by atoms with Crippen LogP contribution in [0.3, 0.4) is 0 Å². The maximum absolute atomic E-state index is 11.4. The number of aryl methyl sites for hydroxylation is 1. The van der Waals surface area contributed by atoms with Crippen molar-refractivity contribution in [3.63, 3.8) is 0 Å². The highest BCUT2D eigenvalue weighted by Crippen LogP contribution is 1.91. The monoisotopic (exact) mass is 195 g/mol. The minimum Gasteiger partial charge on any atom is -0.364 e. The molecule has 0 aromatic carbocycles. The van der Waals surface area contributed by atoms with Crippen LogP contribution in [0, 0.1) is 6.92 Å². The lowest BCUT2D eigenvalue weighted by Gasteiger charge is -2.10. The van der Waals surface area contributed by atoms with E-state index in [1.807, 2.05) is 0 Å². The normalized spacial score (nSPS) is 10.3. The molecule has 0 saturated carbocycles. The zero-order chi connectivity index (χ0) is 10.7. The fourth-order valence-electron chi connectivity index (χ4n) is 1.01. The van der Waals surface area contributed by atoms with Gasteiger partial charge in [0.15, 0.2) is 5.43 Å². The number of hydrogen-bond donors (Lipinski definition) is 2. The second-order valence-corrected chi connectivity index (χ2v) is 3.23. The number of amides is 1. The number of H-pyrrole nitrogens is 1. The molecule has 5 nitrogen and oxygen atoms in total. The van der Waals surface area contributed by atoms with Crippen molar-refractivity contribution in [3.8, 4) is 0 Å². The van der Waals surface area contributed by atoms with Crippen molar-refractivity contribution in [2.75, 3.05) is 14.1 Å². The van der Waals surface area contributed by atoms with E-state index in [1.165, 1.54) is 17.3 Å². The van der Waals surface area contributed by atoms with Crippen LogP contribution in [0.4, 0.5) is 0 Å². The zero-order valence-corrected chi connectivity index (χ0v) is 8.42. The minimum absolute atomic E-state index is 0.115. The SMILES string of the molecule is Cc1cc(=O)c(C(=O)NN(C)C)c[nH]1. The second kappa shape index (κ2) is 4.06. The first-order valence-corrected chi connectivity index (χ1v) is 4.18. The Morgan fingerprint density at radius 2 is 2.14 bits per heavy atom. The van der Waals surface area contributed by atoms with Gasteiger partial charge in [-0.15, -0.1) is 0 Å². The van der Waals surface area contributed by atoms with Gasteiger partial charge in [-0.1, -0.05) is 0 Å². The molecule has 1 amide bonds. The van der Waals surface area contributed by atoms with Crippen molar-refractivity contribution in [3.05, 3.63) is 33.7 Å². The summed E-state index contributed by atoms with van der Waals surface area (Å²) in [7, 11) is 3.36. The third-order valence-electron chi connectivity index (χ3n) is 1.63. The van der Waals surface area contributed by atoms with E-state index in [0.29, 0.717) is 0 Å². The number of nitrogens with zero attached hydrogens (tertiary/aromatic N) is 1. The first-order valence-electron chi connectivity index (χ1n) is 4.18. The standard InChI is InChI=1S/C9H13N3O2/c1-6-4-8(13)7(5-10-6)9(14)11-12(2)3/h4-5H,1-3H3,(H,10,13)(H,11,14). The second-order valence-electron chi connectivity index (χ2n) is 3.23. The van der Waals surface area contributed by atoms with Gasteiger partial charge in [0.2, 0.25) is 0 Å². The van der Waals surface area contributed by atoms with Crippen molar-refractivity contribution < 1.29 is 4.79 Å². The number of aromatic amines is 1. The summed E-state index contributed by atoms with van der Waals surface area (Å²) in [6.07, 6.45) is 1.41. The number of carbonyl (C=O) groups excluding carboxylic acids is 1. The van der Waals surface area contributed by atoms with Crippen LogP contribution in [0.1, 0.15) is 16.1 Å². The Kier molecular flexibility index (Phi) is 3.03. The predicted molar refractivity (Wildman–Crippen MR) is 53.0 cm³/mol. The number of nitrogens with one attached hydrogen (secondary N) is 2. The van der Waals surface area contributed by atoms with E-state index in [9.17, 15) is 9.59 Å². The van der Waals surface area contributed by atoms with Crippen LogP contribution in [0.5, 0.6) is 0 Å². The molecule has 1 rings (SSSR count). The summed E-state index contributed by atoms with van der Waals surface area (Å²) in [5.41, 5.74) is 3.06. The van der Waals surface area contributed by atoms with E-state index >= 15 is 0 Å². The van der Waals surface area contributed by atoms with Gasteiger partial charge in [-0.2, -0.15) is 0 Å². The Hall–Kier alpha value is -1.62. The Morgan fingerprint density at radius 1 is 1.50 bits per heavy atom. The molecule has 1 aromatic heterocycles. The van der Waals surface area contributed by atoms with Crippen LogP contribution in [0.2, 0.25) is 0 Å². The maximum Gasteiger partial charge on any atom is 0.271 e. The summed E-state index contributed by atoms with van der Waals surface area (Å²) >= 11 is 0. The molecular formula is C9H13N3O2. The van der Waals surface area contributed by atoms with Gasteiger partial charge in [0.25, 0.3) is 5.91 Å². The number of pyridine rings is 1. The maximum atomic E-state index is 11.4. The molecule has 0 atom stereocenters. The highest BCUT2D eigenvalue weighted by atomic mass is 16.2. The first kappa shape index (κ1) is 10.5. The molecule has 0 unspecified atom stereocenters. The van der Waals surface area contributed by atoms with Gasteiger partial charge in [-0.05, 0) is 6.92 Å². The van der Waals surface area contributed by atoms with Crippen molar-refractivity contribution >= 4 is 5.91 Å². The van der Waals surface area contributed by atoms with E-state index in [0.717, 1.165) is 5.69 Å². The number of aromatic nitrogens is 1. The summed E-state index contributed by atoms with van der Waals surface area (Å²) in [6.45, 7) is 1.76. The number of hydrogen-bond acceptors (Lipinski definition) is 3. The average molecular weight is 195 g/mol. The van der Waals surface area contributed by atoms with Crippen molar-refractivity contribution in [1.29, 1.82) is 0 Å². The Labute approximate surface area is 81.7 Å². The lowest BCUT2D eigenvalue weighted by molar-refractivity contribution is 0.0855.